The summed E-state index contributed by atoms with van der Waals surface area (Å²) in [4.78, 5) is 2.28. The second-order valence-corrected chi connectivity index (χ2v) is 13.3. The molecule has 0 fully saturated rings. The van der Waals surface area contributed by atoms with Crippen LogP contribution in [0.5, 0.6) is 0 Å². The molecule has 9 rings (SSSR count). The van der Waals surface area contributed by atoms with Crippen molar-refractivity contribution in [2.45, 2.75) is 6.92 Å². The van der Waals surface area contributed by atoms with E-state index in [1.165, 1.54) is 56.2 Å². The number of aryl methyl sites for hydroxylation is 1. The van der Waals surface area contributed by atoms with Crippen LogP contribution >= 0.6 is 0 Å². The van der Waals surface area contributed by atoms with Crippen LogP contribution < -0.4 is 4.90 Å². The predicted molar refractivity (Wildman–Crippen MR) is 216 cm³/mol. The Morgan fingerprint density at radius 3 is 1.33 bits per heavy atom. The first kappa shape index (κ1) is 31.3. The highest BCUT2D eigenvalue weighted by Gasteiger charge is 2.16. The van der Waals surface area contributed by atoms with Gasteiger partial charge in [-0.05, 0) is 125 Å². The lowest BCUT2D eigenvalue weighted by molar-refractivity contribution is 0.628. The SMILES string of the molecule is Cc1ccc2c(c1)c1cc(-c3ccc(N(c4ccc(-c5ccccc5)cc4)c4ccc(-c5ccc(F)cc5)cc4)cc3)ccc1n2-c1ccccc1. The molecule has 0 bridgehead atoms. The number of halogens is 1. The van der Waals surface area contributed by atoms with Gasteiger partial charge in [0.15, 0.2) is 0 Å². The van der Waals surface area contributed by atoms with E-state index in [0.29, 0.717) is 0 Å². The van der Waals surface area contributed by atoms with Gasteiger partial charge in [0.1, 0.15) is 5.82 Å². The molecule has 0 aliphatic rings. The van der Waals surface area contributed by atoms with Crippen LogP contribution in [0, 0.1) is 12.7 Å². The van der Waals surface area contributed by atoms with Crippen LogP contribution in [0.1, 0.15) is 5.56 Å². The van der Waals surface area contributed by atoms with Gasteiger partial charge in [0, 0.05) is 33.5 Å². The van der Waals surface area contributed by atoms with Crippen molar-refractivity contribution in [1.29, 1.82) is 0 Å². The van der Waals surface area contributed by atoms with Gasteiger partial charge in [-0.25, -0.2) is 4.39 Å². The Bertz CT molecular complexity index is 2640. The number of para-hydroxylation sites is 1. The predicted octanol–water partition coefficient (Wildman–Crippen LogP) is 13.7. The third kappa shape index (κ3) is 5.82. The Morgan fingerprint density at radius 2 is 0.788 bits per heavy atom. The smallest absolute Gasteiger partial charge is 0.123 e. The van der Waals surface area contributed by atoms with Gasteiger partial charge in [0.2, 0.25) is 0 Å². The summed E-state index contributed by atoms with van der Waals surface area (Å²) in [6.45, 7) is 2.16. The first-order valence-corrected chi connectivity index (χ1v) is 17.6. The Labute approximate surface area is 303 Å². The van der Waals surface area contributed by atoms with Gasteiger partial charge in [0.25, 0.3) is 0 Å². The summed E-state index contributed by atoms with van der Waals surface area (Å²) in [5, 5.41) is 2.50. The minimum Gasteiger partial charge on any atom is -0.311 e. The van der Waals surface area contributed by atoms with Crippen LogP contribution in [-0.2, 0) is 0 Å². The zero-order valence-corrected chi connectivity index (χ0v) is 28.7. The number of rotatable bonds is 7. The van der Waals surface area contributed by atoms with Gasteiger partial charge in [-0.3, -0.25) is 0 Å². The lowest BCUT2D eigenvalue weighted by Gasteiger charge is -2.26. The molecule has 0 spiro atoms. The molecule has 0 aliphatic carbocycles. The molecule has 0 N–H and O–H groups in total. The van der Waals surface area contributed by atoms with E-state index < -0.39 is 0 Å². The minimum absolute atomic E-state index is 0.233. The van der Waals surface area contributed by atoms with Crippen molar-refractivity contribution in [3.8, 4) is 39.1 Å². The highest BCUT2D eigenvalue weighted by molar-refractivity contribution is 6.10. The van der Waals surface area contributed by atoms with Gasteiger partial charge in [-0.2, -0.15) is 0 Å². The molecule has 0 saturated heterocycles. The maximum atomic E-state index is 13.6. The summed E-state index contributed by atoms with van der Waals surface area (Å²) in [6.07, 6.45) is 0. The van der Waals surface area contributed by atoms with Gasteiger partial charge >= 0.3 is 0 Å². The maximum absolute atomic E-state index is 13.6. The van der Waals surface area contributed by atoms with Gasteiger partial charge in [-0.15, -0.1) is 0 Å². The molecule has 8 aromatic carbocycles. The van der Waals surface area contributed by atoms with Crippen molar-refractivity contribution in [2.24, 2.45) is 0 Å². The summed E-state index contributed by atoms with van der Waals surface area (Å²) in [7, 11) is 0. The number of fused-ring (bicyclic) bond motifs is 3. The Hall–Kier alpha value is -6.71. The molecule has 3 heteroatoms. The maximum Gasteiger partial charge on any atom is 0.123 e. The minimum atomic E-state index is -0.233. The number of benzene rings is 8. The van der Waals surface area contributed by atoms with Crippen molar-refractivity contribution in [3.05, 3.63) is 206 Å². The Morgan fingerprint density at radius 1 is 0.385 bits per heavy atom. The van der Waals surface area contributed by atoms with Gasteiger partial charge in [-0.1, -0.05) is 115 Å². The highest BCUT2D eigenvalue weighted by Crippen LogP contribution is 2.39. The molecule has 0 atom stereocenters. The lowest BCUT2D eigenvalue weighted by Crippen LogP contribution is -2.09. The van der Waals surface area contributed by atoms with Crippen molar-refractivity contribution in [2.75, 3.05) is 4.90 Å². The van der Waals surface area contributed by atoms with E-state index >= 15 is 0 Å². The van der Waals surface area contributed by atoms with E-state index in [2.05, 4.69) is 180 Å². The van der Waals surface area contributed by atoms with E-state index in [1.54, 1.807) is 0 Å². The molecule has 0 unspecified atom stereocenters. The van der Waals surface area contributed by atoms with Crippen LogP contribution in [0.25, 0.3) is 60.9 Å². The topological polar surface area (TPSA) is 8.17 Å². The molecule has 0 amide bonds. The largest absolute Gasteiger partial charge is 0.311 e. The highest BCUT2D eigenvalue weighted by atomic mass is 19.1. The number of aromatic nitrogens is 1. The monoisotopic (exact) mass is 670 g/mol. The lowest BCUT2D eigenvalue weighted by atomic mass is 10.0. The van der Waals surface area contributed by atoms with E-state index in [-0.39, 0.29) is 5.82 Å². The molecule has 2 nitrogen and oxygen atoms in total. The zero-order chi connectivity index (χ0) is 35.0. The average Bonchev–Trinajstić information content (AvgIpc) is 3.52. The summed E-state index contributed by atoms with van der Waals surface area (Å²) >= 11 is 0. The van der Waals surface area contributed by atoms with E-state index in [1.807, 2.05) is 18.2 Å². The molecule has 0 saturated carbocycles. The summed E-state index contributed by atoms with van der Waals surface area (Å²) < 4.78 is 16.0. The first-order chi connectivity index (χ1) is 25.6. The number of anilines is 3. The second kappa shape index (κ2) is 13.2. The number of hydrogen-bond donors (Lipinski definition) is 0. The quantitative estimate of drug-likeness (QED) is 0.164. The van der Waals surface area contributed by atoms with Gasteiger partial charge in [0.05, 0.1) is 11.0 Å². The standard InChI is InChI=1S/C49H35FN2/c1-34-12-30-48-46(32-34)47-33-40(21-31-49(47)52(48)42-10-6-3-7-11-42)39-19-28-45(29-20-39)51(43-24-15-37(16-25-43)35-8-4-2-5-9-35)44-26-17-38(18-27-44)36-13-22-41(50)23-14-36/h2-33H,1H3. The Kier molecular flexibility index (Phi) is 7.94. The van der Waals surface area contributed by atoms with E-state index in [4.69, 9.17) is 0 Å². The van der Waals surface area contributed by atoms with E-state index in [9.17, 15) is 4.39 Å². The molecule has 1 heterocycles. The van der Waals surface area contributed by atoms with Crippen LogP contribution in [0.4, 0.5) is 21.5 Å². The Balaban J connectivity index is 1.10. The van der Waals surface area contributed by atoms with Crippen LogP contribution in [0.3, 0.4) is 0 Å². The van der Waals surface area contributed by atoms with Gasteiger partial charge < -0.3 is 9.47 Å². The number of nitrogens with zero attached hydrogens (tertiary/aromatic N) is 2. The summed E-state index contributed by atoms with van der Waals surface area (Å²) in [6, 6.07) is 67.3. The normalized spacial score (nSPS) is 11.3. The first-order valence-electron chi connectivity index (χ1n) is 17.6. The van der Waals surface area contributed by atoms with Crippen molar-refractivity contribution >= 4 is 38.9 Å². The summed E-state index contributed by atoms with van der Waals surface area (Å²) in [5.74, 6) is -0.233. The van der Waals surface area contributed by atoms with Crippen molar-refractivity contribution in [3.63, 3.8) is 0 Å². The average molecular weight is 671 g/mol. The van der Waals surface area contributed by atoms with Crippen molar-refractivity contribution < 1.29 is 4.39 Å². The van der Waals surface area contributed by atoms with Crippen molar-refractivity contribution in [1.82, 2.24) is 4.57 Å². The molecule has 0 aliphatic heterocycles. The third-order valence-corrected chi connectivity index (χ3v) is 9.93. The molecular weight excluding hydrogens is 636 g/mol. The number of hydrogen-bond acceptors (Lipinski definition) is 1. The fraction of sp³-hybridized carbons (Fsp3) is 0.0204. The zero-order valence-electron chi connectivity index (χ0n) is 28.7. The van der Waals surface area contributed by atoms with Crippen LogP contribution in [0.15, 0.2) is 194 Å². The fourth-order valence-electron chi connectivity index (χ4n) is 7.30. The van der Waals surface area contributed by atoms with Crippen LogP contribution in [0.2, 0.25) is 0 Å². The fourth-order valence-corrected chi connectivity index (χ4v) is 7.30. The molecule has 52 heavy (non-hydrogen) atoms. The molecule has 1 aromatic heterocycles. The molecule has 9 aromatic rings. The molecular formula is C49H35FN2. The molecule has 248 valence electrons. The van der Waals surface area contributed by atoms with Crippen LogP contribution in [-0.4, -0.2) is 4.57 Å². The van der Waals surface area contributed by atoms with E-state index in [0.717, 1.165) is 39.4 Å². The second-order valence-electron chi connectivity index (χ2n) is 13.3. The third-order valence-electron chi connectivity index (χ3n) is 9.93. The molecule has 0 radical (unpaired) electrons. The summed E-state index contributed by atoms with van der Waals surface area (Å²) in [5.41, 5.74) is 14.7.